The molecule has 0 fully saturated rings. The van der Waals surface area contributed by atoms with E-state index in [1.165, 1.54) is 51.1 Å². The fourth-order valence-electron chi connectivity index (χ4n) is 2.87. The van der Waals surface area contributed by atoms with Crippen LogP contribution in [-0.4, -0.2) is 9.97 Å². The number of hydrogen-bond acceptors (Lipinski definition) is 4. The molecule has 0 atom stereocenters. The fraction of sp³-hybridized carbons (Fsp3) is 0.294. The molecule has 0 N–H and O–H groups in total. The van der Waals surface area contributed by atoms with Crippen molar-refractivity contribution < 1.29 is 0 Å². The molecule has 0 amide bonds. The summed E-state index contributed by atoms with van der Waals surface area (Å²) in [6.07, 6.45) is 5.38. The largest absolute Gasteiger partial charge is 0.229 e. The molecule has 1 aliphatic rings. The van der Waals surface area contributed by atoms with Gasteiger partial charge in [-0.3, -0.25) is 0 Å². The molecule has 0 saturated heterocycles. The molecule has 4 rings (SSSR count). The summed E-state index contributed by atoms with van der Waals surface area (Å²) in [7, 11) is 0. The average Bonchev–Trinajstić information content (AvgIpc) is 3.03. The average molecular weight is 312 g/mol. The second-order valence-corrected chi connectivity index (χ2v) is 7.71. The highest BCUT2D eigenvalue weighted by molar-refractivity contribution is 7.99. The molecule has 4 heteroatoms. The molecule has 2 aromatic heterocycles. The lowest BCUT2D eigenvalue weighted by Gasteiger charge is -2.06. The Balaban J connectivity index is 1.81. The van der Waals surface area contributed by atoms with E-state index in [0.29, 0.717) is 0 Å². The summed E-state index contributed by atoms with van der Waals surface area (Å²) in [6.45, 7) is 4.32. The number of fused-ring (bicyclic) bond motifs is 3. The Labute approximate surface area is 132 Å². The monoisotopic (exact) mass is 312 g/mol. The van der Waals surface area contributed by atoms with Crippen molar-refractivity contribution in [2.45, 2.75) is 43.0 Å². The quantitative estimate of drug-likeness (QED) is 0.626. The van der Waals surface area contributed by atoms with Gasteiger partial charge in [0.25, 0.3) is 0 Å². The maximum absolute atomic E-state index is 4.56. The Kier molecular flexibility index (Phi) is 3.23. The second-order valence-electron chi connectivity index (χ2n) is 5.56. The van der Waals surface area contributed by atoms with E-state index in [4.69, 9.17) is 0 Å². The van der Waals surface area contributed by atoms with E-state index >= 15 is 0 Å². The van der Waals surface area contributed by atoms with Gasteiger partial charge >= 0.3 is 0 Å². The topological polar surface area (TPSA) is 25.8 Å². The van der Waals surface area contributed by atoms with Crippen LogP contribution in [0.3, 0.4) is 0 Å². The predicted octanol–water partition coefficient (Wildman–Crippen LogP) is 4.95. The van der Waals surface area contributed by atoms with Gasteiger partial charge < -0.3 is 0 Å². The van der Waals surface area contributed by atoms with Gasteiger partial charge in [0, 0.05) is 15.2 Å². The standard InChI is InChI=1S/C17H16N2S2/c1-10-6-7-12(8-11(10)2)20-16-15-13-4-3-5-14(13)21-17(15)19-9-18-16/h6-9H,3-5H2,1-2H3. The molecule has 0 saturated carbocycles. The molecule has 0 radical (unpaired) electrons. The number of benzene rings is 1. The van der Waals surface area contributed by atoms with Crippen LogP contribution >= 0.6 is 23.1 Å². The van der Waals surface area contributed by atoms with E-state index in [1.807, 2.05) is 11.3 Å². The van der Waals surface area contributed by atoms with Crippen molar-refractivity contribution in [1.82, 2.24) is 9.97 Å². The Morgan fingerprint density at radius 3 is 2.86 bits per heavy atom. The van der Waals surface area contributed by atoms with Crippen molar-refractivity contribution in [1.29, 1.82) is 0 Å². The summed E-state index contributed by atoms with van der Waals surface area (Å²) in [5.74, 6) is 0. The van der Waals surface area contributed by atoms with Crippen molar-refractivity contribution in [3.63, 3.8) is 0 Å². The van der Waals surface area contributed by atoms with E-state index in [1.54, 1.807) is 18.1 Å². The summed E-state index contributed by atoms with van der Waals surface area (Å²) in [6, 6.07) is 6.63. The lowest BCUT2D eigenvalue weighted by molar-refractivity contribution is 0.915. The van der Waals surface area contributed by atoms with Gasteiger partial charge in [0.15, 0.2) is 0 Å². The molecule has 1 aliphatic carbocycles. The summed E-state index contributed by atoms with van der Waals surface area (Å²) >= 11 is 3.62. The molecule has 2 heterocycles. The lowest BCUT2D eigenvalue weighted by Crippen LogP contribution is -1.88. The second kappa shape index (κ2) is 5.11. The highest BCUT2D eigenvalue weighted by atomic mass is 32.2. The molecule has 0 unspecified atom stereocenters. The van der Waals surface area contributed by atoms with Gasteiger partial charge in [-0.2, -0.15) is 0 Å². The molecular weight excluding hydrogens is 296 g/mol. The number of aryl methyl sites for hydroxylation is 4. The van der Waals surface area contributed by atoms with Crippen LogP contribution in [0.1, 0.15) is 28.0 Å². The van der Waals surface area contributed by atoms with E-state index in [9.17, 15) is 0 Å². The normalized spacial score (nSPS) is 13.8. The van der Waals surface area contributed by atoms with Crippen molar-refractivity contribution >= 4 is 33.3 Å². The first-order valence-corrected chi connectivity index (χ1v) is 8.86. The third-order valence-electron chi connectivity index (χ3n) is 4.16. The summed E-state index contributed by atoms with van der Waals surface area (Å²) in [5, 5.41) is 2.42. The highest BCUT2D eigenvalue weighted by Gasteiger charge is 2.21. The molecule has 3 aromatic rings. The van der Waals surface area contributed by atoms with Gasteiger partial charge in [-0.25, -0.2) is 9.97 Å². The van der Waals surface area contributed by atoms with Crippen LogP contribution < -0.4 is 0 Å². The van der Waals surface area contributed by atoms with Gasteiger partial charge in [0.05, 0.1) is 0 Å². The van der Waals surface area contributed by atoms with Gasteiger partial charge in [0.2, 0.25) is 0 Å². The number of thiophene rings is 1. The predicted molar refractivity (Wildman–Crippen MR) is 89.5 cm³/mol. The van der Waals surface area contributed by atoms with Gasteiger partial charge in [-0.1, -0.05) is 17.8 Å². The van der Waals surface area contributed by atoms with E-state index in [2.05, 4.69) is 42.0 Å². The SMILES string of the molecule is Cc1ccc(Sc2ncnc3sc4c(c23)CCC4)cc1C. The van der Waals surface area contributed by atoms with E-state index in [-0.39, 0.29) is 0 Å². The molecule has 2 nitrogen and oxygen atoms in total. The van der Waals surface area contributed by atoms with Crippen LogP contribution in [0.25, 0.3) is 10.2 Å². The Hall–Kier alpha value is -1.39. The highest BCUT2D eigenvalue weighted by Crippen LogP contribution is 2.41. The Morgan fingerprint density at radius 2 is 2.00 bits per heavy atom. The molecule has 21 heavy (non-hydrogen) atoms. The minimum absolute atomic E-state index is 1.11. The van der Waals surface area contributed by atoms with Crippen molar-refractivity contribution in [2.24, 2.45) is 0 Å². The first-order valence-electron chi connectivity index (χ1n) is 7.23. The Bertz CT molecular complexity index is 836. The number of aromatic nitrogens is 2. The zero-order valence-electron chi connectivity index (χ0n) is 12.1. The minimum Gasteiger partial charge on any atom is -0.229 e. The molecule has 0 aliphatic heterocycles. The number of nitrogens with zero attached hydrogens (tertiary/aromatic N) is 2. The van der Waals surface area contributed by atoms with Crippen molar-refractivity contribution in [3.8, 4) is 0 Å². The zero-order chi connectivity index (χ0) is 14.4. The third-order valence-corrected chi connectivity index (χ3v) is 6.35. The molecule has 0 bridgehead atoms. The van der Waals surface area contributed by atoms with Gasteiger partial charge in [0.1, 0.15) is 16.2 Å². The zero-order valence-corrected chi connectivity index (χ0v) is 13.8. The first-order chi connectivity index (χ1) is 10.2. The summed E-state index contributed by atoms with van der Waals surface area (Å²) in [4.78, 5) is 13.0. The summed E-state index contributed by atoms with van der Waals surface area (Å²) < 4.78 is 0. The molecule has 106 valence electrons. The third kappa shape index (κ3) is 2.27. The van der Waals surface area contributed by atoms with Crippen LogP contribution in [0.2, 0.25) is 0 Å². The maximum Gasteiger partial charge on any atom is 0.128 e. The molecule has 1 aromatic carbocycles. The van der Waals surface area contributed by atoms with Crippen LogP contribution in [-0.2, 0) is 12.8 Å². The summed E-state index contributed by atoms with van der Waals surface area (Å²) in [5.41, 5.74) is 4.17. The smallest absolute Gasteiger partial charge is 0.128 e. The Morgan fingerprint density at radius 1 is 1.10 bits per heavy atom. The number of hydrogen-bond donors (Lipinski definition) is 0. The minimum atomic E-state index is 1.11. The van der Waals surface area contributed by atoms with E-state index < -0.39 is 0 Å². The van der Waals surface area contributed by atoms with E-state index in [0.717, 1.165) is 9.86 Å². The van der Waals surface area contributed by atoms with Gasteiger partial charge in [-0.15, -0.1) is 11.3 Å². The van der Waals surface area contributed by atoms with Crippen molar-refractivity contribution in [3.05, 3.63) is 46.1 Å². The fourth-order valence-corrected chi connectivity index (χ4v) is 5.18. The lowest BCUT2D eigenvalue weighted by atomic mass is 10.1. The van der Waals surface area contributed by atoms with Crippen LogP contribution in [0.15, 0.2) is 34.4 Å². The van der Waals surface area contributed by atoms with Crippen LogP contribution in [0.4, 0.5) is 0 Å². The van der Waals surface area contributed by atoms with Crippen LogP contribution in [0, 0.1) is 13.8 Å². The van der Waals surface area contributed by atoms with Gasteiger partial charge in [-0.05, 0) is 61.9 Å². The van der Waals surface area contributed by atoms with Crippen LogP contribution in [0.5, 0.6) is 0 Å². The first kappa shape index (κ1) is 13.3. The maximum atomic E-state index is 4.56. The molecule has 0 spiro atoms. The number of rotatable bonds is 2. The molecular formula is C17H16N2S2. The van der Waals surface area contributed by atoms with Crippen molar-refractivity contribution in [2.75, 3.05) is 0 Å².